The highest BCUT2D eigenvalue weighted by Gasteiger charge is 2.34. The number of rotatable bonds is 8. The van der Waals surface area contributed by atoms with Gasteiger partial charge in [0.15, 0.2) is 17.2 Å². The Hall–Kier alpha value is -3.64. The first-order chi connectivity index (χ1) is 18.4. The molecule has 1 fully saturated rings. The van der Waals surface area contributed by atoms with Crippen molar-refractivity contribution in [2.24, 2.45) is 0 Å². The molecule has 0 saturated carbocycles. The molecular weight excluding hydrogens is 537 g/mol. The third-order valence-electron chi connectivity index (χ3n) is 6.20. The molecule has 14 heteroatoms. The van der Waals surface area contributed by atoms with Crippen LogP contribution in [0, 0.1) is 18.8 Å². The first-order valence-electron chi connectivity index (χ1n) is 11.8. The smallest absolute Gasteiger partial charge is 0.472 e. The number of imidazole rings is 1. The van der Waals surface area contributed by atoms with Crippen molar-refractivity contribution in [3.63, 3.8) is 0 Å². The van der Waals surface area contributed by atoms with Gasteiger partial charge in [0.1, 0.15) is 18.0 Å². The lowest BCUT2D eigenvalue weighted by atomic mass is 10.1. The maximum absolute atomic E-state index is 14.3. The lowest BCUT2D eigenvalue weighted by Gasteiger charge is -2.37. The minimum Gasteiger partial charge on any atom is -0.492 e. The van der Waals surface area contributed by atoms with Gasteiger partial charge >= 0.3 is 7.82 Å². The molecule has 2 aromatic heterocycles. The van der Waals surface area contributed by atoms with Crippen molar-refractivity contribution >= 4 is 19.8 Å². The van der Waals surface area contributed by atoms with E-state index in [0.717, 1.165) is 6.07 Å². The normalized spacial score (nSPS) is 17.8. The molecule has 11 nitrogen and oxygen atoms in total. The SMILES string of the molecule is COc1cc(/C=C2\O[C@@H](C)CN([C@@H](C)c3ccc(F)nc3F)C2=O)ccc1-[n+]1cc(C)n(COP(=O)(O)O)c1. The number of pyridine rings is 1. The molecule has 39 heavy (non-hydrogen) atoms. The van der Waals surface area contributed by atoms with E-state index in [-0.39, 0.29) is 30.7 Å². The van der Waals surface area contributed by atoms with E-state index < -0.39 is 31.7 Å². The van der Waals surface area contributed by atoms with Crippen molar-refractivity contribution in [1.82, 2.24) is 14.5 Å². The van der Waals surface area contributed by atoms with Gasteiger partial charge in [-0.2, -0.15) is 18.3 Å². The van der Waals surface area contributed by atoms with Gasteiger partial charge in [-0.1, -0.05) is 6.07 Å². The number of carbonyl (C=O) groups is 1. The monoisotopic (exact) mass is 565 g/mol. The number of ether oxygens (including phenoxy) is 2. The fourth-order valence-electron chi connectivity index (χ4n) is 4.24. The summed E-state index contributed by atoms with van der Waals surface area (Å²) in [6.45, 7) is 5.02. The lowest BCUT2D eigenvalue weighted by molar-refractivity contribution is -0.596. The van der Waals surface area contributed by atoms with Crippen LogP contribution in [-0.2, 0) is 25.4 Å². The Kier molecular flexibility index (Phi) is 8.17. The average Bonchev–Trinajstić information content (AvgIpc) is 3.24. The Morgan fingerprint density at radius 2 is 2.05 bits per heavy atom. The molecule has 3 aromatic rings. The van der Waals surface area contributed by atoms with Crippen LogP contribution in [0.2, 0.25) is 0 Å². The number of amides is 1. The highest BCUT2D eigenvalue weighted by atomic mass is 31.2. The summed E-state index contributed by atoms with van der Waals surface area (Å²) in [5.74, 6) is -1.88. The molecule has 208 valence electrons. The molecule has 1 aliphatic rings. The van der Waals surface area contributed by atoms with Crippen LogP contribution >= 0.6 is 7.82 Å². The maximum Gasteiger partial charge on any atom is 0.472 e. The quantitative estimate of drug-likeness (QED) is 0.185. The van der Waals surface area contributed by atoms with Crippen LogP contribution in [0.15, 0.2) is 48.6 Å². The number of aromatic nitrogens is 3. The summed E-state index contributed by atoms with van der Waals surface area (Å²) in [4.78, 5) is 35.9. The number of hydrogen-bond acceptors (Lipinski definition) is 6. The van der Waals surface area contributed by atoms with Crippen molar-refractivity contribution in [3.05, 3.63) is 77.3 Å². The molecule has 0 radical (unpaired) electrons. The van der Waals surface area contributed by atoms with Crippen molar-refractivity contribution < 1.29 is 46.5 Å². The van der Waals surface area contributed by atoms with E-state index in [1.165, 1.54) is 22.6 Å². The third kappa shape index (κ3) is 6.51. The highest BCUT2D eigenvalue weighted by Crippen LogP contribution is 2.36. The maximum atomic E-state index is 14.3. The number of phosphoric ester groups is 1. The molecule has 0 aliphatic carbocycles. The first-order valence-corrected chi connectivity index (χ1v) is 13.4. The summed E-state index contributed by atoms with van der Waals surface area (Å²) in [5, 5.41) is 0. The standard InChI is InChI=1S/C25H27F2N4O7P/c1-15-11-29(13-30(15)14-37-39(33,34)35)20-7-5-18(9-21(20)36-4)10-22-25(32)31(12-16(2)38-22)17(3)19-6-8-23(26)28-24(19)27/h5-11,13,16-17H,12,14H2,1-4H3,(H-,33,34,35)/p+1/b22-10-/t16-,17-/m0/s1. The molecule has 1 amide bonds. The van der Waals surface area contributed by atoms with Gasteiger partial charge in [-0.15, -0.1) is 0 Å². The predicted molar refractivity (Wildman–Crippen MR) is 133 cm³/mol. The van der Waals surface area contributed by atoms with E-state index >= 15 is 0 Å². The lowest BCUT2D eigenvalue weighted by Crippen LogP contribution is -2.45. The number of hydrogen-bond donors (Lipinski definition) is 2. The van der Waals surface area contributed by atoms with E-state index in [9.17, 15) is 18.1 Å². The Morgan fingerprint density at radius 3 is 2.72 bits per heavy atom. The van der Waals surface area contributed by atoms with Gasteiger partial charge in [-0.05, 0) is 49.8 Å². The number of carbonyl (C=O) groups excluding carboxylic acids is 1. The zero-order valence-corrected chi connectivity index (χ0v) is 22.5. The van der Waals surface area contributed by atoms with Crippen LogP contribution in [0.1, 0.15) is 36.7 Å². The molecule has 1 saturated heterocycles. The van der Waals surface area contributed by atoms with Crippen LogP contribution in [0.25, 0.3) is 11.8 Å². The molecule has 0 bridgehead atoms. The van der Waals surface area contributed by atoms with Gasteiger partial charge in [0.2, 0.25) is 18.6 Å². The van der Waals surface area contributed by atoms with Gasteiger partial charge in [0.25, 0.3) is 12.2 Å². The molecular formula is C25H28F2N4O7P+. The Labute approximate surface area is 223 Å². The molecule has 0 spiro atoms. The molecule has 0 unspecified atom stereocenters. The van der Waals surface area contributed by atoms with E-state index in [4.69, 9.17) is 19.3 Å². The van der Waals surface area contributed by atoms with Crippen LogP contribution in [0.4, 0.5) is 8.78 Å². The van der Waals surface area contributed by atoms with E-state index in [0.29, 0.717) is 22.7 Å². The Balaban J connectivity index is 1.60. The van der Waals surface area contributed by atoms with Gasteiger partial charge in [-0.25, -0.2) is 13.7 Å². The fourth-order valence-corrected chi connectivity index (χ4v) is 4.52. The van der Waals surface area contributed by atoms with Crippen LogP contribution < -0.4 is 9.30 Å². The van der Waals surface area contributed by atoms with Crippen molar-refractivity contribution in [2.45, 2.75) is 39.6 Å². The predicted octanol–water partition coefficient (Wildman–Crippen LogP) is 3.17. The zero-order valence-electron chi connectivity index (χ0n) is 21.6. The minimum atomic E-state index is -4.64. The van der Waals surface area contributed by atoms with Gasteiger partial charge in [0, 0.05) is 12.5 Å². The summed E-state index contributed by atoms with van der Waals surface area (Å²) in [7, 11) is -3.15. The molecule has 1 aromatic carbocycles. The summed E-state index contributed by atoms with van der Waals surface area (Å²) >= 11 is 0. The van der Waals surface area contributed by atoms with Crippen LogP contribution in [0.3, 0.4) is 0 Å². The van der Waals surface area contributed by atoms with E-state index in [2.05, 4.69) is 9.51 Å². The summed E-state index contributed by atoms with van der Waals surface area (Å²) in [6, 6.07) is 6.79. The number of halogens is 2. The fraction of sp³-hybridized carbons (Fsp3) is 0.320. The first kappa shape index (κ1) is 28.4. The zero-order chi connectivity index (χ0) is 28.5. The number of morpholine rings is 1. The molecule has 1 aliphatic heterocycles. The average molecular weight is 565 g/mol. The Morgan fingerprint density at radius 1 is 1.31 bits per heavy atom. The van der Waals surface area contributed by atoms with Crippen molar-refractivity contribution in [1.29, 1.82) is 0 Å². The molecule has 2 N–H and O–H groups in total. The summed E-state index contributed by atoms with van der Waals surface area (Å²) in [6.07, 6.45) is 4.50. The number of phosphoric acid groups is 1. The Bertz CT molecular complexity index is 1470. The van der Waals surface area contributed by atoms with Crippen LogP contribution in [-0.4, -0.2) is 49.9 Å². The topological polar surface area (TPSA) is 127 Å². The molecule has 4 rings (SSSR count). The summed E-state index contributed by atoms with van der Waals surface area (Å²) < 4.78 is 57.8. The number of methoxy groups -OCH3 is 1. The largest absolute Gasteiger partial charge is 0.492 e. The van der Waals surface area contributed by atoms with Gasteiger partial charge < -0.3 is 24.2 Å². The second-order valence-electron chi connectivity index (χ2n) is 9.03. The second kappa shape index (κ2) is 11.2. The number of aryl methyl sites for hydroxylation is 1. The van der Waals surface area contributed by atoms with Crippen LogP contribution in [0.5, 0.6) is 5.75 Å². The third-order valence-corrected chi connectivity index (χ3v) is 6.65. The van der Waals surface area contributed by atoms with Gasteiger partial charge in [-0.3, -0.25) is 4.79 Å². The minimum absolute atomic E-state index is 0.0510. The van der Waals surface area contributed by atoms with Crippen molar-refractivity contribution in [3.8, 4) is 11.4 Å². The summed E-state index contributed by atoms with van der Waals surface area (Å²) in [5.41, 5.74) is 1.98. The number of benzene rings is 1. The van der Waals surface area contributed by atoms with E-state index in [1.54, 1.807) is 62.1 Å². The van der Waals surface area contributed by atoms with E-state index in [1.807, 2.05) is 0 Å². The van der Waals surface area contributed by atoms with Crippen molar-refractivity contribution in [2.75, 3.05) is 13.7 Å². The second-order valence-corrected chi connectivity index (χ2v) is 10.3. The molecule has 2 atom stereocenters. The van der Waals surface area contributed by atoms with Gasteiger partial charge in [0.05, 0.1) is 19.7 Å². The molecule has 3 heterocycles. The highest BCUT2D eigenvalue weighted by molar-refractivity contribution is 7.46. The number of nitrogens with zero attached hydrogens (tertiary/aromatic N) is 4.